The molecular weight excluding hydrogens is 292 g/mol. The van der Waals surface area contributed by atoms with E-state index in [0.29, 0.717) is 0 Å². The van der Waals surface area contributed by atoms with Crippen LogP contribution in [0, 0.1) is 11.3 Å². The first-order chi connectivity index (χ1) is 10.6. The molecule has 2 rings (SSSR count). The molecule has 2 fully saturated rings. The molecule has 0 amide bonds. The molecule has 22 heavy (non-hydrogen) atoms. The second kappa shape index (κ2) is 7.48. The average molecular weight is 327 g/mol. The normalized spacial score (nSPS) is 28.0. The molecule has 0 aromatic carbocycles. The predicted octanol–water partition coefficient (Wildman–Crippen LogP) is 4.91. The Labute approximate surface area is 137 Å². The molecule has 0 aromatic rings. The van der Waals surface area contributed by atoms with Gasteiger partial charge in [0.25, 0.3) is 0 Å². The Morgan fingerprint density at radius 2 is 1.64 bits per heavy atom. The molecule has 2 aliphatic carbocycles. The maximum absolute atomic E-state index is 12.3. The van der Waals surface area contributed by atoms with Crippen molar-refractivity contribution in [2.24, 2.45) is 11.3 Å². The van der Waals surface area contributed by atoms with Crippen molar-refractivity contribution in [1.29, 1.82) is 0 Å². The molecule has 2 aliphatic rings. The molecule has 2 unspecified atom stereocenters. The molecule has 4 heteroatoms. The molecule has 0 bridgehead atoms. The van der Waals surface area contributed by atoms with Crippen molar-refractivity contribution in [2.75, 3.05) is 7.11 Å². The fraction of sp³-hybridized carbons (Fsp3) is 0.944. The van der Waals surface area contributed by atoms with E-state index in [0.717, 1.165) is 31.0 Å². The van der Waals surface area contributed by atoms with Gasteiger partial charge in [-0.05, 0) is 49.2 Å². The summed E-state index contributed by atoms with van der Waals surface area (Å²) in [6, 6.07) is 3.46. The number of carbonyl (C=O) groups excluding carboxylic acids is 1. The Morgan fingerprint density at radius 1 is 1.05 bits per heavy atom. The predicted molar refractivity (Wildman–Crippen MR) is 92.3 cm³/mol. The van der Waals surface area contributed by atoms with Crippen LogP contribution in [0.15, 0.2) is 0 Å². The van der Waals surface area contributed by atoms with Gasteiger partial charge >= 0.3 is 5.97 Å². The van der Waals surface area contributed by atoms with E-state index in [1.54, 1.807) is 0 Å². The average Bonchev–Trinajstić information content (AvgIpc) is 2.90. The lowest BCUT2D eigenvalue weighted by atomic mass is 9.71. The number of carbonyl (C=O) groups is 1. The standard InChI is InChI=1S/C18H34O3Si/c1-5-22(6-2,7-3)21-16-15(17(19)20-4)11-14-18(16)12-9-8-10-13-18/h15-16H,5-14H2,1-4H3. The molecule has 0 N–H and O–H groups in total. The van der Waals surface area contributed by atoms with Gasteiger partial charge in [0.1, 0.15) is 0 Å². The maximum Gasteiger partial charge on any atom is 0.311 e. The van der Waals surface area contributed by atoms with Crippen molar-refractivity contribution < 1.29 is 14.0 Å². The summed E-state index contributed by atoms with van der Waals surface area (Å²) in [6.07, 6.45) is 8.65. The van der Waals surface area contributed by atoms with Crippen molar-refractivity contribution in [3.63, 3.8) is 0 Å². The Bertz CT molecular complexity index is 364. The van der Waals surface area contributed by atoms with Gasteiger partial charge in [-0.3, -0.25) is 4.79 Å². The van der Waals surface area contributed by atoms with Crippen LogP contribution >= 0.6 is 0 Å². The third-order valence-corrected chi connectivity index (χ3v) is 11.2. The number of methoxy groups -OCH3 is 1. The van der Waals surface area contributed by atoms with Crippen LogP contribution < -0.4 is 0 Å². The van der Waals surface area contributed by atoms with E-state index in [2.05, 4.69) is 20.8 Å². The first kappa shape index (κ1) is 18.0. The van der Waals surface area contributed by atoms with Crippen molar-refractivity contribution in [3.05, 3.63) is 0 Å². The lowest BCUT2D eigenvalue weighted by Crippen LogP contribution is -2.49. The van der Waals surface area contributed by atoms with Gasteiger partial charge in [-0.2, -0.15) is 0 Å². The monoisotopic (exact) mass is 326 g/mol. The van der Waals surface area contributed by atoms with Gasteiger partial charge in [0.15, 0.2) is 8.32 Å². The summed E-state index contributed by atoms with van der Waals surface area (Å²) in [4.78, 5) is 12.3. The van der Waals surface area contributed by atoms with E-state index >= 15 is 0 Å². The van der Waals surface area contributed by atoms with Gasteiger partial charge in [-0.1, -0.05) is 40.0 Å². The second-order valence-corrected chi connectivity index (χ2v) is 12.1. The highest BCUT2D eigenvalue weighted by Gasteiger charge is 2.54. The van der Waals surface area contributed by atoms with E-state index < -0.39 is 8.32 Å². The summed E-state index contributed by atoms with van der Waals surface area (Å²) in [5.74, 6) is -0.0710. The van der Waals surface area contributed by atoms with Gasteiger partial charge in [0, 0.05) is 0 Å². The molecule has 128 valence electrons. The van der Waals surface area contributed by atoms with E-state index in [9.17, 15) is 4.79 Å². The zero-order valence-corrected chi connectivity index (χ0v) is 16.0. The summed E-state index contributed by atoms with van der Waals surface area (Å²) < 4.78 is 12.0. The molecule has 0 saturated heterocycles. The van der Waals surface area contributed by atoms with Crippen LogP contribution in [0.2, 0.25) is 18.1 Å². The van der Waals surface area contributed by atoms with Crippen LogP contribution in [0.5, 0.6) is 0 Å². The van der Waals surface area contributed by atoms with Gasteiger partial charge in [-0.15, -0.1) is 0 Å². The first-order valence-corrected chi connectivity index (χ1v) is 11.8. The minimum absolute atomic E-state index is 0.0281. The van der Waals surface area contributed by atoms with Crippen molar-refractivity contribution >= 4 is 14.3 Å². The largest absolute Gasteiger partial charge is 0.469 e. The molecule has 0 aliphatic heterocycles. The Morgan fingerprint density at radius 3 is 2.14 bits per heavy atom. The van der Waals surface area contributed by atoms with Crippen LogP contribution in [-0.2, 0) is 14.0 Å². The van der Waals surface area contributed by atoms with Gasteiger partial charge in [-0.25, -0.2) is 0 Å². The van der Waals surface area contributed by atoms with Crippen LogP contribution in [0.25, 0.3) is 0 Å². The molecule has 2 saturated carbocycles. The fourth-order valence-electron chi connectivity index (χ4n) is 4.82. The molecule has 2 atom stereocenters. The molecule has 1 spiro atoms. The number of hydrogen-bond acceptors (Lipinski definition) is 3. The fourth-order valence-corrected chi connectivity index (χ4v) is 7.78. The third kappa shape index (κ3) is 3.28. The van der Waals surface area contributed by atoms with Gasteiger partial charge in [0.05, 0.1) is 19.1 Å². The van der Waals surface area contributed by atoms with Crippen molar-refractivity contribution in [1.82, 2.24) is 0 Å². The number of rotatable bonds is 6. The van der Waals surface area contributed by atoms with E-state index in [4.69, 9.17) is 9.16 Å². The summed E-state index contributed by atoms with van der Waals surface area (Å²) in [6.45, 7) is 6.82. The van der Waals surface area contributed by atoms with Crippen molar-refractivity contribution in [3.8, 4) is 0 Å². The second-order valence-electron chi connectivity index (χ2n) is 7.37. The summed E-state index contributed by atoms with van der Waals surface area (Å²) in [7, 11) is -0.177. The van der Waals surface area contributed by atoms with E-state index in [1.165, 1.54) is 39.2 Å². The smallest absolute Gasteiger partial charge is 0.311 e. The van der Waals surface area contributed by atoms with Crippen LogP contribution in [0.1, 0.15) is 65.7 Å². The van der Waals surface area contributed by atoms with Crippen LogP contribution in [0.3, 0.4) is 0 Å². The molecular formula is C18H34O3Si. The Balaban J connectivity index is 2.27. The number of ether oxygens (including phenoxy) is 1. The molecule has 0 heterocycles. The summed E-state index contributed by atoms with van der Waals surface area (Å²) in [5, 5.41) is 0. The third-order valence-electron chi connectivity index (χ3n) is 6.59. The van der Waals surface area contributed by atoms with Gasteiger partial charge < -0.3 is 9.16 Å². The molecule has 0 aromatic heterocycles. The molecule has 3 nitrogen and oxygen atoms in total. The highest BCUT2D eigenvalue weighted by Crippen LogP contribution is 2.54. The van der Waals surface area contributed by atoms with E-state index in [-0.39, 0.29) is 23.4 Å². The summed E-state index contributed by atoms with van der Waals surface area (Å²) >= 11 is 0. The zero-order valence-electron chi connectivity index (χ0n) is 15.0. The highest BCUT2D eigenvalue weighted by molar-refractivity contribution is 6.73. The SMILES string of the molecule is CC[Si](CC)(CC)OC1C(C(=O)OC)CCC12CCCCC2. The number of esters is 1. The van der Waals surface area contributed by atoms with Gasteiger partial charge in [0.2, 0.25) is 0 Å². The number of hydrogen-bond donors (Lipinski definition) is 0. The van der Waals surface area contributed by atoms with Crippen LogP contribution in [-0.4, -0.2) is 27.5 Å². The first-order valence-electron chi connectivity index (χ1n) is 9.32. The summed E-state index contributed by atoms with van der Waals surface area (Å²) in [5.41, 5.74) is 0.259. The van der Waals surface area contributed by atoms with Crippen LogP contribution in [0.4, 0.5) is 0 Å². The van der Waals surface area contributed by atoms with E-state index in [1.807, 2.05) is 0 Å². The lowest BCUT2D eigenvalue weighted by molar-refractivity contribution is -0.149. The quantitative estimate of drug-likeness (QED) is 0.514. The Hall–Kier alpha value is -0.353. The van der Waals surface area contributed by atoms with Crippen molar-refractivity contribution in [2.45, 2.75) is 90.0 Å². The maximum atomic E-state index is 12.3. The zero-order chi connectivity index (χ0) is 16.2. The molecule has 0 radical (unpaired) electrons. The Kier molecular flexibility index (Phi) is 6.12. The minimum atomic E-state index is -1.70. The highest BCUT2D eigenvalue weighted by atomic mass is 28.4. The lowest BCUT2D eigenvalue weighted by Gasteiger charge is -2.44. The minimum Gasteiger partial charge on any atom is -0.469 e. The topological polar surface area (TPSA) is 35.5 Å².